The maximum absolute atomic E-state index is 11.3. The standard InChI is InChI=1S/C11H22N2O/c1-4-6-7-9-12-13-11(14)10(3)8-5-2/h12H,3-9H2,1-2H3,(H,13,14). The second-order valence-corrected chi connectivity index (χ2v) is 3.44. The maximum Gasteiger partial charge on any atom is 0.260 e. The fourth-order valence-corrected chi connectivity index (χ4v) is 1.11. The van der Waals surface area contributed by atoms with Crippen LogP contribution in [0.4, 0.5) is 0 Å². The highest BCUT2D eigenvalue weighted by atomic mass is 16.2. The molecule has 0 aromatic rings. The van der Waals surface area contributed by atoms with Gasteiger partial charge in [0.1, 0.15) is 0 Å². The Bertz CT molecular complexity index is 178. The summed E-state index contributed by atoms with van der Waals surface area (Å²) in [6.07, 6.45) is 5.21. The Morgan fingerprint density at radius 3 is 2.50 bits per heavy atom. The lowest BCUT2D eigenvalue weighted by atomic mass is 10.2. The summed E-state index contributed by atoms with van der Waals surface area (Å²) < 4.78 is 0. The molecule has 0 aliphatic heterocycles. The zero-order valence-corrected chi connectivity index (χ0v) is 9.36. The van der Waals surface area contributed by atoms with E-state index in [0.29, 0.717) is 5.57 Å². The average molecular weight is 198 g/mol. The number of rotatable bonds is 8. The second kappa shape index (κ2) is 8.75. The summed E-state index contributed by atoms with van der Waals surface area (Å²) in [5.41, 5.74) is 6.19. The van der Waals surface area contributed by atoms with Crippen LogP contribution >= 0.6 is 0 Å². The molecule has 0 fully saturated rings. The zero-order valence-electron chi connectivity index (χ0n) is 9.36. The first kappa shape index (κ1) is 13.2. The molecule has 0 aliphatic rings. The van der Waals surface area contributed by atoms with Crippen molar-refractivity contribution in [2.45, 2.75) is 46.0 Å². The summed E-state index contributed by atoms with van der Waals surface area (Å²) in [4.78, 5) is 11.3. The minimum absolute atomic E-state index is 0.0802. The molecule has 3 nitrogen and oxygen atoms in total. The van der Waals surface area contributed by atoms with Gasteiger partial charge in [0.2, 0.25) is 0 Å². The number of hydrazine groups is 1. The Morgan fingerprint density at radius 1 is 1.21 bits per heavy atom. The van der Waals surface area contributed by atoms with Gasteiger partial charge in [0.15, 0.2) is 0 Å². The van der Waals surface area contributed by atoms with Crippen LogP contribution in [0.25, 0.3) is 0 Å². The predicted molar refractivity (Wildman–Crippen MR) is 59.7 cm³/mol. The fraction of sp³-hybridized carbons (Fsp3) is 0.727. The van der Waals surface area contributed by atoms with E-state index in [4.69, 9.17) is 0 Å². The molecule has 0 spiro atoms. The number of hydrogen-bond acceptors (Lipinski definition) is 2. The molecular formula is C11H22N2O. The Kier molecular flexibility index (Phi) is 8.24. The van der Waals surface area contributed by atoms with Gasteiger partial charge in [-0.05, 0) is 12.8 Å². The molecule has 0 aromatic heterocycles. The topological polar surface area (TPSA) is 41.1 Å². The molecule has 0 saturated carbocycles. The van der Waals surface area contributed by atoms with E-state index in [2.05, 4.69) is 24.4 Å². The van der Waals surface area contributed by atoms with E-state index in [-0.39, 0.29) is 5.91 Å². The SMILES string of the molecule is C=C(CCC)C(=O)NNCCCCC. The van der Waals surface area contributed by atoms with Crippen LogP contribution in [0.1, 0.15) is 46.0 Å². The van der Waals surface area contributed by atoms with Gasteiger partial charge in [0, 0.05) is 12.1 Å². The van der Waals surface area contributed by atoms with Crippen LogP contribution < -0.4 is 10.9 Å². The molecule has 0 atom stereocenters. The van der Waals surface area contributed by atoms with E-state index < -0.39 is 0 Å². The van der Waals surface area contributed by atoms with Gasteiger partial charge in [0.05, 0.1) is 0 Å². The first-order valence-corrected chi connectivity index (χ1v) is 5.43. The number of unbranched alkanes of at least 4 members (excludes halogenated alkanes) is 2. The summed E-state index contributed by atoms with van der Waals surface area (Å²) in [5.74, 6) is -0.0802. The first-order chi connectivity index (χ1) is 6.72. The highest BCUT2D eigenvalue weighted by Gasteiger charge is 2.03. The van der Waals surface area contributed by atoms with Crippen LogP contribution in [-0.2, 0) is 4.79 Å². The molecule has 0 heterocycles. The summed E-state index contributed by atoms with van der Waals surface area (Å²) in [6, 6.07) is 0. The van der Waals surface area contributed by atoms with Crippen LogP contribution in [0.15, 0.2) is 12.2 Å². The van der Waals surface area contributed by atoms with Gasteiger partial charge in [-0.3, -0.25) is 10.2 Å². The van der Waals surface area contributed by atoms with Crippen LogP contribution in [0.3, 0.4) is 0 Å². The van der Waals surface area contributed by atoms with E-state index in [1.54, 1.807) is 0 Å². The van der Waals surface area contributed by atoms with Gasteiger partial charge in [-0.25, -0.2) is 5.43 Å². The molecule has 3 heteroatoms. The van der Waals surface area contributed by atoms with Crippen LogP contribution in [0, 0.1) is 0 Å². The molecule has 1 amide bonds. The number of hydrogen-bond donors (Lipinski definition) is 2. The van der Waals surface area contributed by atoms with Crippen molar-refractivity contribution in [3.05, 3.63) is 12.2 Å². The van der Waals surface area contributed by atoms with E-state index >= 15 is 0 Å². The Morgan fingerprint density at radius 2 is 1.93 bits per heavy atom. The third-order valence-electron chi connectivity index (χ3n) is 1.98. The molecule has 0 aromatic carbocycles. The van der Waals surface area contributed by atoms with Gasteiger partial charge in [0.25, 0.3) is 5.91 Å². The van der Waals surface area contributed by atoms with Crippen LogP contribution in [0.2, 0.25) is 0 Å². The van der Waals surface area contributed by atoms with Gasteiger partial charge >= 0.3 is 0 Å². The number of carbonyl (C=O) groups is 1. The zero-order chi connectivity index (χ0) is 10.8. The summed E-state index contributed by atoms with van der Waals surface area (Å²) >= 11 is 0. The largest absolute Gasteiger partial charge is 0.288 e. The Hall–Kier alpha value is -0.830. The third-order valence-corrected chi connectivity index (χ3v) is 1.98. The van der Waals surface area contributed by atoms with Crippen molar-refractivity contribution >= 4 is 5.91 Å². The Labute approximate surface area is 86.9 Å². The van der Waals surface area contributed by atoms with Crippen LogP contribution in [0.5, 0.6) is 0 Å². The van der Waals surface area contributed by atoms with Gasteiger partial charge in [-0.1, -0.05) is 39.7 Å². The van der Waals surface area contributed by atoms with E-state index in [0.717, 1.165) is 25.8 Å². The van der Waals surface area contributed by atoms with E-state index in [1.807, 2.05) is 6.92 Å². The molecule has 0 saturated heterocycles. The van der Waals surface area contributed by atoms with Crippen molar-refractivity contribution in [3.8, 4) is 0 Å². The maximum atomic E-state index is 11.3. The molecule has 14 heavy (non-hydrogen) atoms. The monoisotopic (exact) mass is 198 g/mol. The molecule has 0 bridgehead atoms. The first-order valence-electron chi connectivity index (χ1n) is 5.43. The minimum Gasteiger partial charge on any atom is -0.288 e. The third kappa shape index (κ3) is 6.66. The quantitative estimate of drug-likeness (QED) is 0.356. The fourth-order valence-electron chi connectivity index (χ4n) is 1.11. The highest BCUT2D eigenvalue weighted by molar-refractivity contribution is 5.92. The lowest BCUT2D eigenvalue weighted by Crippen LogP contribution is -2.38. The smallest absolute Gasteiger partial charge is 0.260 e. The van der Waals surface area contributed by atoms with Gasteiger partial charge < -0.3 is 0 Å². The summed E-state index contributed by atoms with van der Waals surface area (Å²) in [6.45, 7) is 8.73. The Balaban J connectivity index is 3.39. The number of nitrogens with one attached hydrogen (secondary N) is 2. The van der Waals surface area contributed by atoms with Crippen molar-refractivity contribution in [2.24, 2.45) is 0 Å². The molecule has 0 aliphatic carbocycles. The molecule has 0 radical (unpaired) electrons. The van der Waals surface area contributed by atoms with Gasteiger partial charge in [-0.15, -0.1) is 0 Å². The van der Waals surface area contributed by atoms with Crippen molar-refractivity contribution in [2.75, 3.05) is 6.54 Å². The van der Waals surface area contributed by atoms with E-state index in [9.17, 15) is 4.79 Å². The summed E-state index contributed by atoms with van der Waals surface area (Å²) in [7, 11) is 0. The van der Waals surface area contributed by atoms with Crippen molar-refractivity contribution < 1.29 is 4.79 Å². The molecule has 2 N–H and O–H groups in total. The number of carbonyl (C=O) groups excluding carboxylic acids is 1. The minimum atomic E-state index is -0.0802. The molecular weight excluding hydrogens is 176 g/mol. The molecule has 0 rings (SSSR count). The van der Waals surface area contributed by atoms with Gasteiger partial charge in [-0.2, -0.15) is 0 Å². The summed E-state index contributed by atoms with van der Waals surface area (Å²) in [5, 5.41) is 0. The van der Waals surface area contributed by atoms with Crippen molar-refractivity contribution in [1.82, 2.24) is 10.9 Å². The van der Waals surface area contributed by atoms with Crippen LogP contribution in [-0.4, -0.2) is 12.5 Å². The number of amides is 1. The second-order valence-electron chi connectivity index (χ2n) is 3.44. The average Bonchev–Trinajstić information content (AvgIpc) is 2.17. The predicted octanol–water partition coefficient (Wildman–Crippen LogP) is 2.15. The molecule has 0 unspecified atom stereocenters. The van der Waals surface area contributed by atoms with Crippen molar-refractivity contribution in [3.63, 3.8) is 0 Å². The molecule has 82 valence electrons. The lowest BCUT2D eigenvalue weighted by Gasteiger charge is -2.07. The lowest BCUT2D eigenvalue weighted by molar-refractivity contribution is -0.118. The van der Waals surface area contributed by atoms with Crippen molar-refractivity contribution in [1.29, 1.82) is 0 Å². The highest BCUT2D eigenvalue weighted by Crippen LogP contribution is 2.00. The van der Waals surface area contributed by atoms with E-state index in [1.165, 1.54) is 12.8 Å². The normalized spacial score (nSPS) is 9.86.